The lowest BCUT2D eigenvalue weighted by atomic mass is 9.99. The van der Waals surface area contributed by atoms with Crippen LogP contribution < -0.4 is 20.9 Å². The molecular weight excluding hydrogens is 566 g/mol. The first-order valence-electron chi connectivity index (χ1n) is 14.1. The number of hydroxylamine groups is 1. The first kappa shape index (κ1) is 33.2. The average Bonchev–Trinajstić information content (AvgIpc) is 3.04. The molecule has 0 bridgehead atoms. The highest BCUT2D eigenvalue weighted by molar-refractivity contribution is 7.92. The molecule has 226 valence electrons. The molecule has 9 nitrogen and oxygen atoms in total. The van der Waals surface area contributed by atoms with E-state index in [-0.39, 0.29) is 31.4 Å². The Morgan fingerprint density at radius 1 is 0.930 bits per heavy atom. The molecule has 10 heteroatoms. The van der Waals surface area contributed by atoms with Gasteiger partial charge in [0, 0.05) is 18.5 Å². The highest BCUT2D eigenvalue weighted by atomic mass is 32.2. The van der Waals surface area contributed by atoms with Crippen LogP contribution in [0.1, 0.15) is 47.7 Å². The topological polar surface area (TPSA) is 140 Å². The molecule has 0 heterocycles. The second-order valence-electron chi connectivity index (χ2n) is 9.62. The number of carbonyl (C=O) groups excluding carboxylic acids is 3. The van der Waals surface area contributed by atoms with Crippen LogP contribution in [0.2, 0.25) is 0 Å². The van der Waals surface area contributed by atoms with Crippen molar-refractivity contribution in [2.24, 2.45) is 0 Å². The third-order valence-electron chi connectivity index (χ3n) is 6.62. The van der Waals surface area contributed by atoms with Crippen LogP contribution in [-0.4, -0.2) is 52.4 Å². The van der Waals surface area contributed by atoms with Gasteiger partial charge < -0.3 is 19.9 Å². The number of hydrogen-bond donors (Lipinski definition) is 4. The van der Waals surface area contributed by atoms with Crippen LogP contribution in [0.5, 0.6) is 5.75 Å². The van der Waals surface area contributed by atoms with E-state index in [4.69, 9.17) is 9.94 Å². The summed E-state index contributed by atoms with van der Waals surface area (Å²) in [6, 6.07) is 23.9. The van der Waals surface area contributed by atoms with Crippen molar-refractivity contribution < 1.29 is 28.9 Å². The Morgan fingerprint density at radius 2 is 1.65 bits per heavy atom. The van der Waals surface area contributed by atoms with Crippen LogP contribution >= 0.6 is 0 Å². The molecule has 2 atom stereocenters. The molecule has 3 aromatic rings. The fourth-order valence-electron chi connectivity index (χ4n) is 4.32. The SMILES string of the molecule is CC#CCOc1ccc([S+]([O-])C(CCCCNC(=O)CNC(=O)c2ccccc2CCc2ccccc2)C(=O)NO)cc1. The normalized spacial score (nSPS) is 11.8. The second-order valence-corrected chi connectivity index (χ2v) is 11.3. The van der Waals surface area contributed by atoms with Crippen molar-refractivity contribution >= 4 is 28.9 Å². The lowest BCUT2D eigenvalue weighted by Gasteiger charge is -2.20. The van der Waals surface area contributed by atoms with Crippen LogP contribution in [0.4, 0.5) is 0 Å². The van der Waals surface area contributed by atoms with Crippen LogP contribution in [0, 0.1) is 11.8 Å². The lowest BCUT2D eigenvalue weighted by Crippen LogP contribution is -2.39. The molecule has 0 saturated heterocycles. The summed E-state index contributed by atoms with van der Waals surface area (Å²) in [7, 11) is 0. The summed E-state index contributed by atoms with van der Waals surface area (Å²) in [6.45, 7) is 2.09. The molecule has 0 saturated carbocycles. The van der Waals surface area contributed by atoms with Crippen LogP contribution in [0.15, 0.2) is 83.8 Å². The minimum absolute atomic E-state index is 0.170. The molecule has 0 aliphatic carbocycles. The van der Waals surface area contributed by atoms with Crippen molar-refractivity contribution in [3.63, 3.8) is 0 Å². The van der Waals surface area contributed by atoms with Crippen molar-refractivity contribution in [3.8, 4) is 17.6 Å². The van der Waals surface area contributed by atoms with Gasteiger partial charge in [-0.15, -0.1) is 5.92 Å². The molecule has 0 spiro atoms. The highest BCUT2D eigenvalue weighted by Crippen LogP contribution is 2.23. The number of amides is 3. The van der Waals surface area contributed by atoms with Gasteiger partial charge in [-0.25, -0.2) is 5.48 Å². The number of unbranched alkanes of at least 4 members (excludes halogenated alkanes) is 1. The van der Waals surface area contributed by atoms with Gasteiger partial charge in [0.1, 0.15) is 12.4 Å². The van der Waals surface area contributed by atoms with Gasteiger partial charge in [0.2, 0.25) is 11.2 Å². The van der Waals surface area contributed by atoms with Gasteiger partial charge in [-0.1, -0.05) is 54.5 Å². The van der Waals surface area contributed by atoms with E-state index in [9.17, 15) is 18.9 Å². The zero-order chi connectivity index (χ0) is 30.9. The number of benzene rings is 3. The third kappa shape index (κ3) is 11.1. The number of nitrogens with one attached hydrogen (secondary N) is 3. The first-order valence-corrected chi connectivity index (χ1v) is 15.3. The molecule has 3 amide bonds. The van der Waals surface area contributed by atoms with Gasteiger partial charge >= 0.3 is 0 Å². The molecule has 3 rings (SSSR count). The Bertz CT molecular complexity index is 1390. The molecule has 3 aromatic carbocycles. The Hall–Kier alpha value is -4.30. The van der Waals surface area contributed by atoms with Crippen molar-refractivity contribution in [3.05, 3.63) is 95.6 Å². The summed E-state index contributed by atoms with van der Waals surface area (Å²) in [5, 5.41) is 13.6. The number of aryl methyl sites for hydroxylation is 2. The summed E-state index contributed by atoms with van der Waals surface area (Å²) in [6.07, 6.45) is 2.72. The summed E-state index contributed by atoms with van der Waals surface area (Å²) in [5.41, 5.74) is 4.24. The van der Waals surface area contributed by atoms with E-state index in [0.717, 1.165) is 12.0 Å². The van der Waals surface area contributed by atoms with Crippen LogP contribution in [0.3, 0.4) is 0 Å². The number of rotatable bonds is 16. The standard InChI is InChI=1S/C33H37N3O6S/c1-2-3-23-42-27-18-20-28(21-19-27)43(41)30(33(39)36-40)15-9-10-22-34-31(37)24-35-32(38)29-14-8-7-13-26(29)17-16-25-11-5-4-6-12-25/h4-8,11-14,18-21,30,40H,9-10,15-17,22-24H2,1H3,(H,34,37)(H,35,38)(H,36,39). The molecule has 0 aliphatic rings. The predicted octanol–water partition coefficient (Wildman–Crippen LogP) is 3.57. The van der Waals surface area contributed by atoms with E-state index in [1.165, 1.54) is 5.56 Å². The molecule has 0 fully saturated rings. The second kappa shape index (κ2) is 18.3. The van der Waals surface area contributed by atoms with Gasteiger partial charge in [-0.2, -0.15) is 0 Å². The Labute approximate surface area is 255 Å². The van der Waals surface area contributed by atoms with Crippen molar-refractivity contribution in [2.45, 2.75) is 49.2 Å². The number of ether oxygens (including phenoxy) is 1. The van der Waals surface area contributed by atoms with Gasteiger partial charge in [-0.05, 0) is 85.2 Å². The zero-order valence-corrected chi connectivity index (χ0v) is 25.0. The molecule has 43 heavy (non-hydrogen) atoms. The van der Waals surface area contributed by atoms with E-state index < -0.39 is 22.3 Å². The summed E-state index contributed by atoms with van der Waals surface area (Å²) in [4.78, 5) is 37.8. The van der Waals surface area contributed by atoms with Gasteiger partial charge in [-0.3, -0.25) is 19.6 Å². The van der Waals surface area contributed by atoms with Crippen LogP contribution in [-0.2, 0) is 33.6 Å². The maximum absolute atomic E-state index is 13.1. The molecule has 0 aliphatic heterocycles. The van der Waals surface area contributed by atoms with Gasteiger partial charge in [0.05, 0.1) is 6.54 Å². The molecule has 0 radical (unpaired) electrons. The van der Waals surface area contributed by atoms with Crippen molar-refractivity contribution in [1.29, 1.82) is 0 Å². The molecular formula is C33H37N3O6S. The minimum atomic E-state index is -1.71. The quantitative estimate of drug-likeness (QED) is 0.0649. The van der Waals surface area contributed by atoms with E-state index in [1.807, 2.05) is 42.5 Å². The van der Waals surface area contributed by atoms with E-state index in [0.29, 0.717) is 42.0 Å². The van der Waals surface area contributed by atoms with Crippen molar-refractivity contribution in [1.82, 2.24) is 16.1 Å². The van der Waals surface area contributed by atoms with Crippen LogP contribution in [0.25, 0.3) is 0 Å². The average molecular weight is 604 g/mol. The lowest BCUT2D eigenvalue weighted by molar-refractivity contribution is -0.129. The smallest absolute Gasteiger partial charge is 0.296 e. The zero-order valence-electron chi connectivity index (χ0n) is 24.1. The predicted molar refractivity (Wildman–Crippen MR) is 165 cm³/mol. The summed E-state index contributed by atoms with van der Waals surface area (Å²) in [5.74, 6) is 4.69. The van der Waals surface area contributed by atoms with Gasteiger partial charge in [0.15, 0.2) is 4.90 Å². The fraction of sp³-hybridized carbons (Fsp3) is 0.303. The van der Waals surface area contributed by atoms with E-state index in [2.05, 4.69) is 22.5 Å². The molecule has 4 N–H and O–H groups in total. The summed E-state index contributed by atoms with van der Waals surface area (Å²) < 4.78 is 18.5. The highest BCUT2D eigenvalue weighted by Gasteiger charge is 2.31. The maximum Gasteiger partial charge on any atom is 0.296 e. The Balaban J connectivity index is 1.41. The number of carbonyl (C=O) groups is 3. The summed E-state index contributed by atoms with van der Waals surface area (Å²) >= 11 is -1.71. The third-order valence-corrected chi connectivity index (χ3v) is 8.32. The Kier molecular flexibility index (Phi) is 14.1. The first-order chi connectivity index (χ1) is 20.9. The number of hydrogen-bond acceptors (Lipinski definition) is 6. The van der Waals surface area contributed by atoms with E-state index in [1.54, 1.807) is 48.8 Å². The monoisotopic (exact) mass is 603 g/mol. The molecule has 2 unspecified atom stereocenters. The fourth-order valence-corrected chi connectivity index (χ4v) is 5.68. The Morgan fingerprint density at radius 3 is 2.37 bits per heavy atom. The van der Waals surface area contributed by atoms with E-state index >= 15 is 0 Å². The molecule has 0 aromatic heterocycles. The van der Waals surface area contributed by atoms with Gasteiger partial charge in [0.25, 0.3) is 11.8 Å². The minimum Gasteiger partial charge on any atom is -0.611 e. The maximum atomic E-state index is 13.1. The largest absolute Gasteiger partial charge is 0.611 e. The van der Waals surface area contributed by atoms with Crippen molar-refractivity contribution in [2.75, 3.05) is 19.7 Å².